The van der Waals surface area contributed by atoms with Crippen molar-refractivity contribution in [1.29, 1.82) is 0 Å². The largest absolute Gasteiger partial charge is 0.490 e. The van der Waals surface area contributed by atoms with Crippen LogP contribution in [-0.2, 0) is 14.3 Å². The molecule has 0 aliphatic carbocycles. The Bertz CT molecular complexity index is 794. The van der Waals surface area contributed by atoms with E-state index in [1.807, 2.05) is 13.8 Å². The van der Waals surface area contributed by atoms with E-state index in [1.54, 1.807) is 18.2 Å². The Labute approximate surface area is 170 Å². The van der Waals surface area contributed by atoms with Crippen molar-refractivity contribution in [3.05, 3.63) is 27.1 Å². The van der Waals surface area contributed by atoms with E-state index in [0.717, 1.165) is 16.7 Å². The van der Waals surface area contributed by atoms with Crippen LogP contribution in [-0.4, -0.2) is 48.4 Å². The Morgan fingerprint density at radius 2 is 1.93 bits per heavy atom. The molecule has 1 heterocycles. The first-order valence-corrected chi connectivity index (χ1v) is 9.88. The molecular weight excluding hydrogens is 438 g/mol. The molecule has 146 valence electrons. The van der Waals surface area contributed by atoms with Gasteiger partial charge in [-0.25, -0.2) is 4.79 Å². The number of thioether (sulfide) groups is 1. The van der Waals surface area contributed by atoms with Crippen LogP contribution >= 0.6 is 27.7 Å². The minimum atomic E-state index is -0.987. The highest BCUT2D eigenvalue weighted by molar-refractivity contribution is 9.10. The summed E-state index contributed by atoms with van der Waals surface area (Å²) >= 11 is 4.22. The maximum absolute atomic E-state index is 12.6. The van der Waals surface area contributed by atoms with Crippen LogP contribution in [0, 0.1) is 0 Å². The number of benzene rings is 1. The molecule has 27 heavy (non-hydrogen) atoms. The zero-order chi connectivity index (χ0) is 20.1. The third-order valence-electron chi connectivity index (χ3n) is 3.67. The second kappa shape index (κ2) is 9.27. The fraction of sp³-hybridized carbons (Fsp3) is 0.389. The zero-order valence-corrected chi connectivity index (χ0v) is 17.8. The molecule has 0 N–H and O–H groups in total. The number of amides is 2. The van der Waals surface area contributed by atoms with Crippen molar-refractivity contribution in [1.82, 2.24) is 4.90 Å². The number of nitrogens with zero attached hydrogens (tertiary/aromatic N) is 1. The van der Waals surface area contributed by atoms with Crippen LogP contribution in [0.2, 0.25) is 0 Å². The summed E-state index contributed by atoms with van der Waals surface area (Å²) in [4.78, 5) is 37.6. The van der Waals surface area contributed by atoms with Crippen molar-refractivity contribution in [2.75, 3.05) is 20.3 Å². The van der Waals surface area contributed by atoms with Crippen LogP contribution < -0.4 is 9.47 Å². The molecule has 0 bridgehead atoms. The summed E-state index contributed by atoms with van der Waals surface area (Å²) in [6.45, 7) is 6.10. The average Bonchev–Trinajstić information content (AvgIpc) is 2.90. The number of carbonyl (C=O) groups is 3. The monoisotopic (exact) mass is 457 g/mol. The second-order valence-corrected chi connectivity index (χ2v) is 7.29. The summed E-state index contributed by atoms with van der Waals surface area (Å²) in [5.41, 5.74) is 0.657. The van der Waals surface area contributed by atoms with Gasteiger partial charge in [0.1, 0.15) is 6.04 Å². The Morgan fingerprint density at radius 1 is 1.26 bits per heavy atom. The van der Waals surface area contributed by atoms with E-state index in [9.17, 15) is 14.4 Å². The number of carbonyl (C=O) groups excluding carboxylic acids is 3. The van der Waals surface area contributed by atoms with Gasteiger partial charge in [0.2, 0.25) is 0 Å². The van der Waals surface area contributed by atoms with Gasteiger partial charge in [-0.05, 0) is 72.2 Å². The summed E-state index contributed by atoms with van der Waals surface area (Å²) in [5, 5.41) is -0.515. The highest BCUT2D eigenvalue weighted by atomic mass is 79.9. The highest BCUT2D eigenvalue weighted by Crippen LogP contribution is 2.39. The minimum Gasteiger partial charge on any atom is -0.490 e. The van der Waals surface area contributed by atoms with Gasteiger partial charge < -0.3 is 14.2 Å². The standard InChI is InChI=1S/C18H20BrNO6S/c1-5-25-13-8-11(7-12(19)15(13)26-6-2)9-14-16(21)20(18(23)27-14)10(3)17(22)24-4/h7-10H,5-6H2,1-4H3. The number of hydrogen-bond acceptors (Lipinski definition) is 7. The molecule has 2 amide bonds. The molecule has 1 aromatic carbocycles. The lowest BCUT2D eigenvalue weighted by Crippen LogP contribution is -2.42. The highest BCUT2D eigenvalue weighted by Gasteiger charge is 2.41. The normalized spacial score (nSPS) is 16.6. The van der Waals surface area contributed by atoms with Crippen LogP contribution in [0.3, 0.4) is 0 Å². The van der Waals surface area contributed by atoms with E-state index in [2.05, 4.69) is 20.7 Å². The fourth-order valence-electron chi connectivity index (χ4n) is 2.46. The van der Waals surface area contributed by atoms with E-state index in [1.165, 1.54) is 14.0 Å². The summed E-state index contributed by atoms with van der Waals surface area (Å²) in [7, 11) is 1.21. The molecule has 9 heteroatoms. The molecule has 0 spiro atoms. The van der Waals surface area contributed by atoms with E-state index >= 15 is 0 Å². The Balaban J connectivity index is 2.37. The lowest BCUT2D eigenvalue weighted by atomic mass is 10.1. The Kier molecular flexibility index (Phi) is 7.32. The van der Waals surface area contributed by atoms with Crippen LogP contribution in [0.25, 0.3) is 6.08 Å². The fourth-order valence-corrected chi connectivity index (χ4v) is 3.94. The van der Waals surface area contributed by atoms with Gasteiger partial charge in [0.25, 0.3) is 11.1 Å². The van der Waals surface area contributed by atoms with Gasteiger partial charge in [0, 0.05) is 0 Å². The van der Waals surface area contributed by atoms with Gasteiger partial charge >= 0.3 is 5.97 Å². The maximum atomic E-state index is 12.6. The van der Waals surface area contributed by atoms with Gasteiger partial charge in [-0.2, -0.15) is 0 Å². The molecule has 1 aliphatic rings. The van der Waals surface area contributed by atoms with Crippen LogP contribution in [0.5, 0.6) is 11.5 Å². The number of methoxy groups -OCH3 is 1. The van der Waals surface area contributed by atoms with E-state index in [-0.39, 0.29) is 4.91 Å². The summed E-state index contributed by atoms with van der Waals surface area (Å²) in [6.07, 6.45) is 1.58. The first-order chi connectivity index (χ1) is 12.8. The first-order valence-electron chi connectivity index (χ1n) is 8.28. The molecular formula is C18H20BrNO6S. The Hall–Kier alpha value is -2.00. The smallest absolute Gasteiger partial charge is 0.328 e. The predicted octanol–water partition coefficient (Wildman–Crippen LogP) is 3.84. The van der Waals surface area contributed by atoms with Crippen molar-refractivity contribution in [2.45, 2.75) is 26.8 Å². The molecule has 1 fully saturated rings. The lowest BCUT2D eigenvalue weighted by molar-refractivity contribution is -0.148. The van der Waals surface area contributed by atoms with Crippen molar-refractivity contribution in [3.63, 3.8) is 0 Å². The molecule has 2 rings (SSSR count). The quantitative estimate of drug-likeness (QED) is 0.454. The average molecular weight is 458 g/mol. The van der Waals surface area contributed by atoms with Crippen LogP contribution in [0.4, 0.5) is 4.79 Å². The predicted molar refractivity (Wildman–Crippen MR) is 106 cm³/mol. The summed E-state index contributed by atoms with van der Waals surface area (Å²) < 4.78 is 16.5. The molecule has 0 saturated carbocycles. The molecule has 1 aliphatic heterocycles. The molecule has 1 saturated heterocycles. The number of imide groups is 1. The molecule has 1 unspecified atom stereocenters. The van der Waals surface area contributed by atoms with Crippen molar-refractivity contribution < 1.29 is 28.6 Å². The van der Waals surface area contributed by atoms with Gasteiger partial charge in [-0.15, -0.1) is 0 Å². The van der Waals surface area contributed by atoms with E-state index in [0.29, 0.717) is 34.7 Å². The van der Waals surface area contributed by atoms with Crippen molar-refractivity contribution in [3.8, 4) is 11.5 Å². The number of rotatable bonds is 7. The number of halogens is 1. The van der Waals surface area contributed by atoms with Gasteiger partial charge in [0.05, 0.1) is 29.7 Å². The minimum absolute atomic E-state index is 0.217. The SMILES string of the molecule is CCOc1cc(C=C2SC(=O)N(C(C)C(=O)OC)C2=O)cc(Br)c1OCC. The van der Waals surface area contributed by atoms with Crippen LogP contribution in [0.1, 0.15) is 26.3 Å². The van der Waals surface area contributed by atoms with E-state index in [4.69, 9.17) is 9.47 Å². The number of ether oxygens (including phenoxy) is 3. The first kappa shape index (κ1) is 21.3. The third-order valence-corrected chi connectivity index (χ3v) is 5.14. The van der Waals surface area contributed by atoms with Crippen molar-refractivity contribution in [2.24, 2.45) is 0 Å². The molecule has 0 aromatic heterocycles. The molecule has 1 atom stereocenters. The summed E-state index contributed by atoms with van der Waals surface area (Å²) in [6, 6.07) is 2.52. The second-order valence-electron chi connectivity index (χ2n) is 5.45. The van der Waals surface area contributed by atoms with E-state index < -0.39 is 23.2 Å². The molecule has 0 radical (unpaired) electrons. The topological polar surface area (TPSA) is 82.1 Å². The van der Waals surface area contributed by atoms with Gasteiger partial charge in [0.15, 0.2) is 11.5 Å². The number of hydrogen-bond donors (Lipinski definition) is 0. The lowest BCUT2D eigenvalue weighted by Gasteiger charge is -2.18. The Morgan fingerprint density at radius 3 is 2.52 bits per heavy atom. The van der Waals surface area contributed by atoms with Crippen molar-refractivity contribution >= 4 is 50.9 Å². The molecule has 1 aromatic rings. The number of esters is 1. The zero-order valence-electron chi connectivity index (χ0n) is 15.4. The van der Waals surface area contributed by atoms with Gasteiger partial charge in [-0.3, -0.25) is 14.5 Å². The summed E-state index contributed by atoms with van der Waals surface area (Å²) in [5.74, 6) is -0.0853. The molecule has 7 nitrogen and oxygen atoms in total. The third kappa shape index (κ3) is 4.65. The van der Waals surface area contributed by atoms with Crippen LogP contribution in [0.15, 0.2) is 21.5 Å². The van der Waals surface area contributed by atoms with Gasteiger partial charge in [-0.1, -0.05) is 0 Å². The maximum Gasteiger partial charge on any atom is 0.328 e.